The van der Waals surface area contributed by atoms with Gasteiger partial charge in [0.25, 0.3) is 0 Å². The van der Waals surface area contributed by atoms with Crippen LogP contribution in [0.4, 0.5) is 4.39 Å². The number of ether oxygens (including phenoxy) is 3. The van der Waals surface area contributed by atoms with Gasteiger partial charge in [0.15, 0.2) is 11.5 Å². The van der Waals surface area contributed by atoms with Crippen LogP contribution < -0.4 is 9.47 Å². The van der Waals surface area contributed by atoms with Crippen molar-refractivity contribution in [3.63, 3.8) is 0 Å². The lowest BCUT2D eigenvalue weighted by Crippen LogP contribution is -2.01. The highest BCUT2D eigenvalue weighted by Gasteiger charge is 2.07. The lowest BCUT2D eigenvalue weighted by molar-refractivity contribution is -0.139. The average molecular weight is 399 g/mol. The van der Waals surface area contributed by atoms with Crippen LogP contribution in [0, 0.1) is 5.82 Å². The van der Waals surface area contributed by atoms with E-state index in [-0.39, 0.29) is 12.4 Å². The van der Waals surface area contributed by atoms with Gasteiger partial charge in [-0.1, -0.05) is 6.07 Å². The summed E-state index contributed by atoms with van der Waals surface area (Å²) in [6.07, 6.45) is 2.98. The number of esters is 1. The number of carbonyl (C=O) groups is 1. The zero-order chi connectivity index (χ0) is 19.9. The Morgan fingerprint density at radius 2 is 1.86 bits per heavy atom. The molecule has 0 unspecified atom stereocenters. The Balaban J connectivity index is 1.57. The molecule has 0 saturated carbocycles. The molecule has 0 radical (unpaired) electrons. The van der Waals surface area contributed by atoms with Gasteiger partial charge in [-0.25, -0.2) is 14.2 Å². The maximum absolute atomic E-state index is 13.0. The van der Waals surface area contributed by atoms with Gasteiger partial charge in [-0.15, -0.1) is 11.3 Å². The SMILES string of the molecule is COc1ccc(C=CC(=O)OCc2csc(-c3ccc(F)cc3)n2)cc1OC. The smallest absolute Gasteiger partial charge is 0.331 e. The first-order valence-corrected chi connectivity index (χ1v) is 9.24. The molecule has 0 bridgehead atoms. The van der Waals surface area contributed by atoms with Crippen LogP contribution >= 0.6 is 11.3 Å². The lowest BCUT2D eigenvalue weighted by Gasteiger charge is -2.07. The van der Waals surface area contributed by atoms with E-state index in [1.807, 2.05) is 5.38 Å². The average Bonchev–Trinajstić information content (AvgIpc) is 3.20. The minimum Gasteiger partial charge on any atom is -0.493 e. The maximum Gasteiger partial charge on any atom is 0.331 e. The fourth-order valence-corrected chi connectivity index (χ4v) is 3.22. The quantitative estimate of drug-likeness (QED) is 0.425. The Morgan fingerprint density at radius 3 is 2.57 bits per heavy atom. The molecule has 0 saturated heterocycles. The number of hydrogen-bond acceptors (Lipinski definition) is 6. The molecule has 3 rings (SSSR count). The summed E-state index contributed by atoms with van der Waals surface area (Å²) in [6, 6.07) is 11.4. The molecule has 5 nitrogen and oxygen atoms in total. The summed E-state index contributed by atoms with van der Waals surface area (Å²) in [5.41, 5.74) is 2.23. The number of carbonyl (C=O) groups excluding carboxylic acids is 1. The van der Waals surface area contributed by atoms with E-state index in [4.69, 9.17) is 14.2 Å². The summed E-state index contributed by atoms with van der Waals surface area (Å²) in [5, 5.41) is 2.55. The van der Waals surface area contributed by atoms with Gasteiger partial charge in [0.1, 0.15) is 17.4 Å². The van der Waals surface area contributed by atoms with Crippen molar-refractivity contribution in [1.82, 2.24) is 4.98 Å². The van der Waals surface area contributed by atoms with Gasteiger partial charge in [-0.2, -0.15) is 0 Å². The van der Waals surface area contributed by atoms with Gasteiger partial charge in [-0.3, -0.25) is 0 Å². The summed E-state index contributed by atoms with van der Waals surface area (Å²) in [5.74, 6) is 0.415. The molecule has 3 aromatic rings. The van der Waals surface area contributed by atoms with Crippen molar-refractivity contribution in [2.45, 2.75) is 6.61 Å². The second-order valence-electron chi connectivity index (χ2n) is 5.71. The number of halogens is 1. The molecular weight excluding hydrogens is 381 g/mol. The molecule has 7 heteroatoms. The zero-order valence-corrected chi connectivity index (χ0v) is 16.2. The molecule has 0 aliphatic carbocycles. The van der Waals surface area contributed by atoms with Crippen molar-refractivity contribution in [3.05, 3.63) is 71.0 Å². The van der Waals surface area contributed by atoms with Crippen LogP contribution in [-0.2, 0) is 16.1 Å². The van der Waals surface area contributed by atoms with E-state index in [0.717, 1.165) is 16.1 Å². The summed E-state index contributed by atoms with van der Waals surface area (Å²) in [4.78, 5) is 16.4. The topological polar surface area (TPSA) is 57.7 Å². The van der Waals surface area contributed by atoms with Gasteiger partial charge in [-0.05, 0) is 48.0 Å². The Bertz CT molecular complexity index is 982. The van der Waals surface area contributed by atoms with Crippen LogP contribution in [0.3, 0.4) is 0 Å². The van der Waals surface area contributed by atoms with E-state index in [1.54, 1.807) is 50.6 Å². The van der Waals surface area contributed by atoms with Crippen molar-refractivity contribution in [2.24, 2.45) is 0 Å². The van der Waals surface area contributed by atoms with Crippen molar-refractivity contribution in [2.75, 3.05) is 14.2 Å². The first kappa shape index (κ1) is 19.6. The van der Waals surface area contributed by atoms with Gasteiger partial charge >= 0.3 is 5.97 Å². The highest BCUT2D eigenvalue weighted by atomic mass is 32.1. The number of methoxy groups -OCH3 is 2. The largest absolute Gasteiger partial charge is 0.493 e. The van der Waals surface area contributed by atoms with Crippen molar-refractivity contribution in [3.8, 4) is 22.1 Å². The number of benzene rings is 2. The third-order valence-electron chi connectivity index (χ3n) is 3.82. The van der Waals surface area contributed by atoms with E-state index in [9.17, 15) is 9.18 Å². The predicted octanol–water partition coefficient (Wildman–Crippen LogP) is 4.72. The van der Waals surface area contributed by atoms with Crippen LogP contribution in [0.5, 0.6) is 11.5 Å². The fourth-order valence-electron chi connectivity index (χ4n) is 2.41. The van der Waals surface area contributed by atoms with E-state index in [0.29, 0.717) is 17.2 Å². The first-order valence-electron chi connectivity index (χ1n) is 8.36. The normalized spacial score (nSPS) is 10.8. The molecule has 0 aliphatic rings. The molecule has 0 aliphatic heterocycles. The lowest BCUT2D eigenvalue weighted by atomic mass is 10.2. The van der Waals surface area contributed by atoms with E-state index in [1.165, 1.54) is 29.5 Å². The van der Waals surface area contributed by atoms with Crippen molar-refractivity contribution >= 4 is 23.4 Å². The molecule has 1 heterocycles. The highest BCUT2D eigenvalue weighted by molar-refractivity contribution is 7.13. The predicted molar refractivity (Wildman–Crippen MR) is 106 cm³/mol. The molecule has 28 heavy (non-hydrogen) atoms. The fraction of sp³-hybridized carbons (Fsp3) is 0.143. The Hall–Kier alpha value is -3.19. The third kappa shape index (κ3) is 4.95. The van der Waals surface area contributed by atoms with Crippen LogP contribution in [0.25, 0.3) is 16.6 Å². The Kier molecular flexibility index (Phi) is 6.39. The van der Waals surface area contributed by atoms with Gasteiger partial charge in [0.05, 0.1) is 19.9 Å². The van der Waals surface area contributed by atoms with Crippen LogP contribution in [0.15, 0.2) is 53.9 Å². The number of thiazole rings is 1. The first-order chi connectivity index (χ1) is 13.6. The minimum absolute atomic E-state index is 0.0623. The molecule has 0 amide bonds. The van der Waals surface area contributed by atoms with Crippen LogP contribution in [-0.4, -0.2) is 25.2 Å². The van der Waals surface area contributed by atoms with Crippen LogP contribution in [0.2, 0.25) is 0 Å². The van der Waals surface area contributed by atoms with E-state index < -0.39 is 5.97 Å². The molecule has 2 aromatic carbocycles. The van der Waals surface area contributed by atoms with Crippen molar-refractivity contribution < 1.29 is 23.4 Å². The summed E-state index contributed by atoms with van der Waals surface area (Å²) >= 11 is 1.41. The molecular formula is C21H18FNO4S. The maximum atomic E-state index is 13.0. The molecule has 144 valence electrons. The van der Waals surface area contributed by atoms with E-state index in [2.05, 4.69) is 4.98 Å². The number of rotatable bonds is 7. The molecule has 0 fully saturated rings. The van der Waals surface area contributed by atoms with Gasteiger partial charge in [0.2, 0.25) is 0 Å². The molecule has 1 aromatic heterocycles. The van der Waals surface area contributed by atoms with Crippen molar-refractivity contribution in [1.29, 1.82) is 0 Å². The second kappa shape index (κ2) is 9.14. The summed E-state index contributed by atoms with van der Waals surface area (Å²) in [6.45, 7) is 0.0623. The number of aromatic nitrogens is 1. The number of nitrogens with zero attached hydrogens (tertiary/aromatic N) is 1. The minimum atomic E-state index is -0.480. The van der Waals surface area contributed by atoms with Crippen LogP contribution in [0.1, 0.15) is 11.3 Å². The standard InChI is InChI=1S/C21H18FNO4S/c1-25-18-9-3-14(11-19(18)26-2)4-10-20(24)27-12-17-13-28-21(23-17)15-5-7-16(22)8-6-15/h3-11,13H,12H2,1-2H3. The molecule has 0 atom stereocenters. The summed E-state index contributed by atoms with van der Waals surface area (Å²) in [7, 11) is 3.11. The monoisotopic (exact) mass is 399 g/mol. The summed E-state index contributed by atoms with van der Waals surface area (Å²) < 4.78 is 28.6. The second-order valence-corrected chi connectivity index (χ2v) is 6.56. The van der Waals surface area contributed by atoms with Gasteiger partial charge in [0, 0.05) is 17.0 Å². The van der Waals surface area contributed by atoms with Gasteiger partial charge < -0.3 is 14.2 Å². The van der Waals surface area contributed by atoms with E-state index >= 15 is 0 Å². The highest BCUT2D eigenvalue weighted by Crippen LogP contribution is 2.28. The third-order valence-corrected chi connectivity index (χ3v) is 4.76. The Morgan fingerprint density at radius 1 is 1.11 bits per heavy atom. The Labute approximate surface area is 166 Å². The molecule has 0 spiro atoms. The zero-order valence-electron chi connectivity index (χ0n) is 15.3. The molecule has 0 N–H and O–H groups in total. The number of hydrogen-bond donors (Lipinski definition) is 0.